The third-order valence-corrected chi connectivity index (χ3v) is 4.28. The third kappa shape index (κ3) is 2.87. The SMILES string of the molecule is CCOC(=O)[C@H]1CN(CC2=Cc3ccccc32)CC[C@H]1O. The first kappa shape index (κ1) is 14.3. The van der Waals surface area contributed by atoms with E-state index in [0.29, 0.717) is 19.6 Å². The standard InChI is InChI=1S/C17H21NO3/c1-2-21-17(20)15-11-18(8-7-16(15)19)10-13-9-12-5-3-4-6-14(12)13/h3-6,9,15-16,19H,2,7-8,10-11H2,1H3/t15-,16+/m0/s1. The summed E-state index contributed by atoms with van der Waals surface area (Å²) in [5, 5.41) is 10.0. The summed E-state index contributed by atoms with van der Waals surface area (Å²) in [5.74, 6) is -0.702. The zero-order valence-electron chi connectivity index (χ0n) is 12.3. The van der Waals surface area contributed by atoms with Crippen molar-refractivity contribution in [2.24, 2.45) is 5.92 Å². The second kappa shape index (κ2) is 6.00. The minimum Gasteiger partial charge on any atom is -0.466 e. The van der Waals surface area contributed by atoms with Crippen molar-refractivity contribution in [3.05, 3.63) is 35.4 Å². The normalized spacial score (nSPS) is 24.8. The summed E-state index contributed by atoms with van der Waals surface area (Å²) in [6.45, 7) is 4.37. The zero-order valence-corrected chi connectivity index (χ0v) is 12.3. The molecule has 0 spiro atoms. The molecule has 0 radical (unpaired) electrons. The number of aliphatic hydroxyl groups excluding tert-OH is 1. The molecule has 0 bridgehead atoms. The number of nitrogens with zero attached hydrogens (tertiary/aromatic N) is 1. The molecule has 0 aromatic heterocycles. The van der Waals surface area contributed by atoms with Crippen molar-refractivity contribution in [3.63, 3.8) is 0 Å². The van der Waals surface area contributed by atoms with Crippen molar-refractivity contribution in [2.75, 3.05) is 26.2 Å². The summed E-state index contributed by atoms with van der Waals surface area (Å²) in [4.78, 5) is 14.1. The van der Waals surface area contributed by atoms with Crippen LogP contribution >= 0.6 is 0 Å². The Balaban J connectivity index is 1.61. The van der Waals surface area contributed by atoms with Gasteiger partial charge in [0, 0.05) is 19.6 Å². The quantitative estimate of drug-likeness (QED) is 0.858. The van der Waals surface area contributed by atoms with Gasteiger partial charge in [-0.1, -0.05) is 24.3 Å². The van der Waals surface area contributed by atoms with Gasteiger partial charge in [-0.25, -0.2) is 0 Å². The number of benzene rings is 1. The molecule has 2 aliphatic rings. The largest absolute Gasteiger partial charge is 0.466 e. The van der Waals surface area contributed by atoms with E-state index in [-0.39, 0.29) is 5.97 Å². The van der Waals surface area contributed by atoms with Crippen molar-refractivity contribution in [1.82, 2.24) is 4.90 Å². The van der Waals surface area contributed by atoms with Crippen molar-refractivity contribution < 1.29 is 14.6 Å². The van der Waals surface area contributed by atoms with Crippen LogP contribution in [0.25, 0.3) is 11.6 Å². The lowest BCUT2D eigenvalue weighted by Gasteiger charge is -2.36. The molecule has 3 rings (SSSR count). The van der Waals surface area contributed by atoms with Crippen LogP contribution in [-0.2, 0) is 9.53 Å². The Morgan fingerprint density at radius 1 is 1.43 bits per heavy atom. The van der Waals surface area contributed by atoms with Gasteiger partial charge < -0.3 is 9.84 Å². The molecule has 112 valence electrons. The smallest absolute Gasteiger partial charge is 0.312 e. The van der Waals surface area contributed by atoms with E-state index in [9.17, 15) is 9.90 Å². The van der Waals surface area contributed by atoms with E-state index in [1.165, 1.54) is 16.7 Å². The second-order valence-electron chi connectivity index (χ2n) is 5.71. The highest BCUT2D eigenvalue weighted by molar-refractivity contribution is 5.96. The van der Waals surface area contributed by atoms with Crippen molar-refractivity contribution in [3.8, 4) is 0 Å². The number of esters is 1. The van der Waals surface area contributed by atoms with E-state index in [1.54, 1.807) is 6.92 Å². The highest BCUT2D eigenvalue weighted by atomic mass is 16.5. The topological polar surface area (TPSA) is 49.8 Å². The van der Waals surface area contributed by atoms with Gasteiger partial charge in [-0.05, 0) is 36.1 Å². The number of rotatable bonds is 4. The van der Waals surface area contributed by atoms with Gasteiger partial charge in [0.15, 0.2) is 0 Å². The molecule has 1 saturated heterocycles. The van der Waals surface area contributed by atoms with E-state index >= 15 is 0 Å². The van der Waals surface area contributed by atoms with Crippen LogP contribution in [0.15, 0.2) is 24.3 Å². The number of carbonyl (C=O) groups excluding carboxylic acids is 1. The van der Waals surface area contributed by atoms with Gasteiger partial charge in [0.1, 0.15) is 0 Å². The monoisotopic (exact) mass is 287 g/mol. The van der Waals surface area contributed by atoms with E-state index in [2.05, 4.69) is 23.1 Å². The van der Waals surface area contributed by atoms with Gasteiger partial charge in [-0.3, -0.25) is 9.69 Å². The molecule has 4 heteroatoms. The summed E-state index contributed by atoms with van der Waals surface area (Å²) in [7, 11) is 0. The summed E-state index contributed by atoms with van der Waals surface area (Å²) >= 11 is 0. The Hall–Kier alpha value is -1.65. The minimum absolute atomic E-state index is 0.280. The summed E-state index contributed by atoms with van der Waals surface area (Å²) in [5.41, 5.74) is 3.90. The number of carbonyl (C=O) groups is 1. The average Bonchev–Trinajstić information content (AvgIpc) is 2.46. The van der Waals surface area contributed by atoms with Crippen LogP contribution < -0.4 is 0 Å². The molecule has 0 amide bonds. The Bertz CT molecular complexity index is 567. The van der Waals surface area contributed by atoms with Crippen LogP contribution in [-0.4, -0.2) is 48.3 Å². The van der Waals surface area contributed by atoms with Gasteiger partial charge in [0.2, 0.25) is 0 Å². The van der Waals surface area contributed by atoms with Crippen LogP contribution in [0.1, 0.15) is 24.5 Å². The lowest BCUT2D eigenvalue weighted by atomic mass is 9.87. The number of piperidine rings is 1. The van der Waals surface area contributed by atoms with E-state index in [1.807, 2.05) is 12.1 Å². The van der Waals surface area contributed by atoms with E-state index < -0.39 is 12.0 Å². The van der Waals surface area contributed by atoms with Gasteiger partial charge in [-0.15, -0.1) is 0 Å². The van der Waals surface area contributed by atoms with Crippen molar-refractivity contribution in [2.45, 2.75) is 19.4 Å². The van der Waals surface area contributed by atoms with Crippen LogP contribution in [0.3, 0.4) is 0 Å². The Labute approximate surface area is 125 Å². The Morgan fingerprint density at radius 2 is 2.24 bits per heavy atom. The first-order valence-electron chi connectivity index (χ1n) is 7.56. The third-order valence-electron chi connectivity index (χ3n) is 4.28. The molecule has 1 aromatic carbocycles. The molecule has 1 aliphatic heterocycles. The Morgan fingerprint density at radius 3 is 3.00 bits per heavy atom. The molecule has 2 atom stereocenters. The molecule has 4 nitrogen and oxygen atoms in total. The fourth-order valence-corrected chi connectivity index (χ4v) is 3.11. The number of hydrogen-bond donors (Lipinski definition) is 1. The molecule has 1 fully saturated rings. The fraction of sp³-hybridized carbons (Fsp3) is 0.471. The molecule has 0 unspecified atom stereocenters. The first-order chi connectivity index (χ1) is 10.2. The van der Waals surface area contributed by atoms with Gasteiger partial charge in [0.25, 0.3) is 0 Å². The molecule has 21 heavy (non-hydrogen) atoms. The van der Waals surface area contributed by atoms with E-state index in [4.69, 9.17) is 4.74 Å². The number of aliphatic hydroxyl groups is 1. The lowest BCUT2D eigenvalue weighted by molar-refractivity contribution is -0.155. The van der Waals surface area contributed by atoms with Gasteiger partial charge in [0.05, 0.1) is 18.6 Å². The maximum Gasteiger partial charge on any atom is 0.312 e. The number of fused-ring (bicyclic) bond motifs is 1. The van der Waals surface area contributed by atoms with Crippen LogP contribution in [0.2, 0.25) is 0 Å². The van der Waals surface area contributed by atoms with Crippen LogP contribution in [0.4, 0.5) is 0 Å². The molecule has 1 heterocycles. The minimum atomic E-state index is -0.581. The van der Waals surface area contributed by atoms with Gasteiger partial charge >= 0.3 is 5.97 Å². The summed E-state index contributed by atoms with van der Waals surface area (Å²) < 4.78 is 5.06. The second-order valence-corrected chi connectivity index (χ2v) is 5.71. The summed E-state index contributed by atoms with van der Waals surface area (Å²) in [6, 6.07) is 8.33. The first-order valence-corrected chi connectivity index (χ1v) is 7.56. The van der Waals surface area contributed by atoms with E-state index in [0.717, 1.165) is 13.1 Å². The highest BCUT2D eigenvalue weighted by Gasteiger charge is 2.34. The molecule has 1 aliphatic carbocycles. The number of ether oxygens (including phenoxy) is 1. The molecule has 0 saturated carbocycles. The molecule has 1 aromatic rings. The van der Waals surface area contributed by atoms with Crippen molar-refractivity contribution >= 4 is 17.6 Å². The molecular formula is C17H21NO3. The highest BCUT2D eigenvalue weighted by Crippen LogP contribution is 2.33. The maximum absolute atomic E-state index is 11.9. The van der Waals surface area contributed by atoms with Crippen LogP contribution in [0.5, 0.6) is 0 Å². The lowest BCUT2D eigenvalue weighted by Crippen LogP contribution is -2.47. The van der Waals surface area contributed by atoms with Gasteiger partial charge in [-0.2, -0.15) is 0 Å². The predicted octanol–water partition coefficient (Wildman–Crippen LogP) is 1.79. The molecule has 1 N–H and O–H groups in total. The number of likely N-dealkylation sites (tertiary alicyclic amines) is 1. The zero-order chi connectivity index (χ0) is 14.8. The van der Waals surface area contributed by atoms with Crippen molar-refractivity contribution in [1.29, 1.82) is 0 Å². The maximum atomic E-state index is 11.9. The summed E-state index contributed by atoms with van der Waals surface area (Å²) in [6.07, 6.45) is 2.24. The predicted molar refractivity (Wildman–Crippen MR) is 81.5 cm³/mol. The average molecular weight is 287 g/mol. The molecular weight excluding hydrogens is 266 g/mol. The van der Waals surface area contributed by atoms with Crippen LogP contribution in [0, 0.1) is 5.92 Å². The number of hydrogen-bond acceptors (Lipinski definition) is 4. The Kier molecular flexibility index (Phi) is 4.08. The fourth-order valence-electron chi connectivity index (χ4n) is 3.11.